The standard InChI is InChI=1S/C29H30N2O3S/c1-28(2,3)29(16-9-17-31(29)27(32)33)26-30-23(19-35-26)25-22-13-8-7-12-21(22)14-15-24(25)34-18-20-10-5-4-6-11-20/h4-8,10-15,19H,9,16-18H2,1-3H3,(H,32,33). The molecule has 5 nitrogen and oxygen atoms in total. The summed E-state index contributed by atoms with van der Waals surface area (Å²) in [6.07, 6.45) is 0.715. The molecule has 1 atom stereocenters. The van der Waals surface area contributed by atoms with Crippen molar-refractivity contribution in [3.8, 4) is 17.0 Å². The summed E-state index contributed by atoms with van der Waals surface area (Å²) >= 11 is 1.55. The summed E-state index contributed by atoms with van der Waals surface area (Å²) in [6.45, 7) is 7.33. The van der Waals surface area contributed by atoms with Crippen molar-refractivity contribution in [3.63, 3.8) is 0 Å². The van der Waals surface area contributed by atoms with Crippen LogP contribution in [0.2, 0.25) is 0 Å². The number of nitrogens with zero attached hydrogens (tertiary/aromatic N) is 2. The van der Waals surface area contributed by atoms with Crippen molar-refractivity contribution in [2.75, 3.05) is 6.54 Å². The summed E-state index contributed by atoms with van der Waals surface area (Å²) in [4.78, 5) is 19.0. The minimum atomic E-state index is -0.883. The number of benzene rings is 3. The zero-order valence-electron chi connectivity index (χ0n) is 20.3. The van der Waals surface area contributed by atoms with E-state index >= 15 is 0 Å². The van der Waals surface area contributed by atoms with E-state index in [2.05, 4.69) is 56.5 Å². The molecule has 1 saturated heterocycles. The average molecular weight is 487 g/mol. The first-order chi connectivity index (χ1) is 16.8. The minimum absolute atomic E-state index is 0.303. The van der Waals surface area contributed by atoms with Gasteiger partial charge >= 0.3 is 6.09 Å². The first-order valence-electron chi connectivity index (χ1n) is 12.0. The lowest BCUT2D eigenvalue weighted by Crippen LogP contribution is -2.52. The molecule has 1 amide bonds. The molecule has 2 heterocycles. The maximum atomic E-state index is 12.2. The molecule has 0 radical (unpaired) electrons. The molecule has 180 valence electrons. The van der Waals surface area contributed by atoms with Gasteiger partial charge in [-0.05, 0) is 40.7 Å². The highest BCUT2D eigenvalue weighted by molar-refractivity contribution is 7.10. The van der Waals surface area contributed by atoms with Crippen LogP contribution in [-0.2, 0) is 12.1 Å². The Bertz CT molecular complexity index is 1360. The van der Waals surface area contributed by atoms with Crippen LogP contribution in [0.15, 0.2) is 72.1 Å². The third-order valence-electron chi connectivity index (χ3n) is 7.09. The summed E-state index contributed by atoms with van der Waals surface area (Å²) in [5.74, 6) is 0.774. The van der Waals surface area contributed by atoms with E-state index in [1.165, 1.54) is 0 Å². The van der Waals surface area contributed by atoms with E-state index in [0.29, 0.717) is 13.2 Å². The molecule has 1 unspecified atom stereocenters. The van der Waals surface area contributed by atoms with Crippen LogP contribution >= 0.6 is 11.3 Å². The Labute approximate surface area is 210 Å². The zero-order valence-corrected chi connectivity index (χ0v) is 21.1. The number of aromatic nitrogens is 1. The number of rotatable bonds is 5. The molecule has 0 aliphatic carbocycles. The zero-order chi connectivity index (χ0) is 24.6. The Morgan fingerprint density at radius 2 is 1.83 bits per heavy atom. The van der Waals surface area contributed by atoms with E-state index in [1.807, 2.05) is 36.4 Å². The van der Waals surface area contributed by atoms with Gasteiger partial charge in [0, 0.05) is 11.9 Å². The second kappa shape index (κ2) is 9.00. The highest BCUT2D eigenvalue weighted by atomic mass is 32.1. The minimum Gasteiger partial charge on any atom is -0.488 e. The van der Waals surface area contributed by atoms with Gasteiger partial charge in [0.25, 0.3) is 0 Å². The molecular formula is C29H30N2O3S. The fraction of sp³-hybridized carbons (Fsp3) is 0.310. The van der Waals surface area contributed by atoms with Gasteiger partial charge in [0.05, 0.1) is 11.3 Å². The van der Waals surface area contributed by atoms with Gasteiger partial charge in [-0.25, -0.2) is 9.78 Å². The van der Waals surface area contributed by atoms with Crippen LogP contribution in [-0.4, -0.2) is 27.6 Å². The quantitative estimate of drug-likeness (QED) is 0.316. The monoisotopic (exact) mass is 486 g/mol. The van der Waals surface area contributed by atoms with Gasteiger partial charge in [-0.3, -0.25) is 4.90 Å². The molecule has 1 N–H and O–H groups in total. The number of amides is 1. The van der Waals surface area contributed by atoms with Crippen LogP contribution in [0.3, 0.4) is 0 Å². The van der Waals surface area contributed by atoms with Gasteiger partial charge in [0.2, 0.25) is 0 Å². The molecular weight excluding hydrogens is 456 g/mol. The first kappa shape index (κ1) is 23.4. The van der Waals surface area contributed by atoms with Gasteiger partial charge in [0.1, 0.15) is 22.9 Å². The Kier molecular flexibility index (Phi) is 6.01. The Hall–Kier alpha value is -3.38. The largest absolute Gasteiger partial charge is 0.488 e. The lowest BCUT2D eigenvalue weighted by Gasteiger charge is -2.45. The first-order valence-corrected chi connectivity index (χ1v) is 12.8. The summed E-state index contributed by atoms with van der Waals surface area (Å²) in [5.41, 5.74) is 1.91. The van der Waals surface area contributed by atoms with Crippen LogP contribution in [0.1, 0.15) is 44.2 Å². The molecule has 35 heavy (non-hydrogen) atoms. The number of hydrogen-bond donors (Lipinski definition) is 1. The summed E-state index contributed by atoms with van der Waals surface area (Å²) in [7, 11) is 0. The van der Waals surface area contributed by atoms with Crippen molar-refractivity contribution in [2.45, 2.75) is 45.8 Å². The molecule has 1 fully saturated rings. The SMILES string of the molecule is CC(C)(C)C1(c2nc(-c3c(OCc4ccccc4)ccc4ccccc34)cs2)CCCN1C(=O)O. The van der Waals surface area contributed by atoms with Crippen LogP contribution in [0.25, 0.3) is 22.0 Å². The molecule has 0 spiro atoms. The lowest BCUT2D eigenvalue weighted by molar-refractivity contribution is 0.0275. The van der Waals surface area contributed by atoms with Gasteiger partial charge in [0.15, 0.2) is 0 Å². The number of hydrogen-bond acceptors (Lipinski definition) is 4. The number of carbonyl (C=O) groups is 1. The molecule has 1 aromatic heterocycles. The smallest absolute Gasteiger partial charge is 0.408 e. The van der Waals surface area contributed by atoms with Crippen LogP contribution in [0.5, 0.6) is 5.75 Å². The van der Waals surface area contributed by atoms with E-state index in [-0.39, 0.29) is 5.41 Å². The number of carboxylic acid groups (broad SMARTS) is 1. The maximum Gasteiger partial charge on any atom is 0.408 e. The summed E-state index contributed by atoms with van der Waals surface area (Å²) in [6, 6.07) is 22.4. The van der Waals surface area contributed by atoms with Crippen molar-refractivity contribution < 1.29 is 14.6 Å². The van der Waals surface area contributed by atoms with Crippen molar-refractivity contribution in [2.24, 2.45) is 5.41 Å². The third-order valence-corrected chi connectivity index (χ3v) is 8.09. The topological polar surface area (TPSA) is 62.7 Å². The molecule has 0 saturated carbocycles. The highest BCUT2D eigenvalue weighted by Crippen LogP contribution is 2.53. The lowest BCUT2D eigenvalue weighted by atomic mass is 9.72. The molecule has 1 aliphatic heterocycles. The van der Waals surface area contributed by atoms with Crippen LogP contribution < -0.4 is 4.74 Å². The summed E-state index contributed by atoms with van der Waals surface area (Å²) in [5, 5.41) is 15.1. The Morgan fingerprint density at radius 1 is 1.09 bits per heavy atom. The van der Waals surface area contributed by atoms with Gasteiger partial charge in [-0.15, -0.1) is 11.3 Å². The predicted molar refractivity (Wildman–Crippen MR) is 141 cm³/mol. The fourth-order valence-electron chi connectivity index (χ4n) is 5.35. The van der Waals surface area contributed by atoms with E-state index in [4.69, 9.17) is 9.72 Å². The second-order valence-electron chi connectivity index (χ2n) is 10.1. The van der Waals surface area contributed by atoms with Crippen molar-refractivity contribution in [1.29, 1.82) is 0 Å². The number of thiazole rings is 1. The molecule has 6 heteroatoms. The van der Waals surface area contributed by atoms with E-state index in [0.717, 1.165) is 51.2 Å². The van der Waals surface area contributed by atoms with E-state index < -0.39 is 11.6 Å². The maximum absolute atomic E-state index is 12.2. The predicted octanol–water partition coefficient (Wildman–Crippen LogP) is 7.56. The van der Waals surface area contributed by atoms with E-state index in [9.17, 15) is 9.90 Å². The van der Waals surface area contributed by atoms with Gasteiger partial charge in [-0.2, -0.15) is 0 Å². The average Bonchev–Trinajstić information content (AvgIpc) is 3.51. The molecule has 0 bridgehead atoms. The van der Waals surface area contributed by atoms with Crippen LogP contribution in [0.4, 0.5) is 4.79 Å². The fourth-order valence-corrected chi connectivity index (χ4v) is 6.61. The Morgan fingerprint density at radius 3 is 2.57 bits per heavy atom. The van der Waals surface area contributed by atoms with Crippen molar-refractivity contribution in [3.05, 3.63) is 82.7 Å². The molecule has 3 aromatic carbocycles. The highest BCUT2D eigenvalue weighted by Gasteiger charge is 2.55. The van der Waals surface area contributed by atoms with Crippen molar-refractivity contribution in [1.82, 2.24) is 9.88 Å². The van der Waals surface area contributed by atoms with Gasteiger partial charge < -0.3 is 9.84 Å². The normalized spacial score (nSPS) is 18.2. The second-order valence-corrected chi connectivity index (χ2v) is 11.0. The van der Waals surface area contributed by atoms with Gasteiger partial charge in [-0.1, -0.05) is 81.4 Å². The molecule has 1 aliphatic rings. The number of fused-ring (bicyclic) bond motifs is 1. The summed E-state index contributed by atoms with van der Waals surface area (Å²) < 4.78 is 6.33. The van der Waals surface area contributed by atoms with Crippen LogP contribution in [0, 0.1) is 5.41 Å². The van der Waals surface area contributed by atoms with Crippen molar-refractivity contribution >= 4 is 28.2 Å². The molecule has 4 aromatic rings. The number of likely N-dealkylation sites (tertiary alicyclic amines) is 1. The number of ether oxygens (including phenoxy) is 1. The molecule has 5 rings (SSSR count). The third kappa shape index (κ3) is 4.06. The van der Waals surface area contributed by atoms with E-state index in [1.54, 1.807) is 16.2 Å². The Balaban J connectivity index is 1.62.